The molecule has 2 aromatic rings. The van der Waals surface area contributed by atoms with E-state index < -0.39 is 11.9 Å². The highest BCUT2D eigenvalue weighted by molar-refractivity contribution is 5.91. The predicted molar refractivity (Wildman–Crippen MR) is 130 cm³/mol. The largest absolute Gasteiger partial charge is 0.465 e. The van der Waals surface area contributed by atoms with Gasteiger partial charge in [-0.25, -0.2) is 14.2 Å². The highest BCUT2D eigenvalue weighted by atomic mass is 19.1. The third kappa shape index (κ3) is 6.12. The summed E-state index contributed by atoms with van der Waals surface area (Å²) in [5.41, 5.74) is 1.24. The molecule has 184 valence electrons. The van der Waals surface area contributed by atoms with Crippen molar-refractivity contribution in [3.05, 3.63) is 36.3 Å². The first-order valence-electron chi connectivity index (χ1n) is 11.3. The van der Waals surface area contributed by atoms with E-state index in [4.69, 9.17) is 0 Å². The summed E-state index contributed by atoms with van der Waals surface area (Å²) in [6.45, 7) is 8.69. The number of rotatable bonds is 6. The highest BCUT2D eigenvalue weighted by Gasteiger charge is 2.36. The molecule has 1 aromatic heterocycles. The van der Waals surface area contributed by atoms with Gasteiger partial charge in [0.1, 0.15) is 0 Å². The molecule has 0 aliphatic carbocycles. The Morgan fingerprint density at radius 3 is 2.35 bits per heavy atom. The summed E-state index contributed by atoms with van der Waals surface area (Å²) in [6.07, 6.45) is 1.57. The fraction of sp³-hybridized carbons (Fsp3) is 0.500. The molecule has 2 amide bonds. The molecule has 3 rings (SSSR count). The number of nitrogens with zero attached hydrogens (tertiary/aromatic N) is 4. The predicted octanol–water partition coefficient (Wildman–Crippen LogP) is 4.24. The fourth-order valence-electron chi connectivity index (χ4n) is 4.34. The van der Waals surface area contributed by atoms with Crippen LogP contribution in [0.15, 0.2) is 30.5 Å². The molecular weight excluding hydrogens is 439 g/mol. The lowest BCUT2D eigenvalue weighted by Gasteiger charge is -2.41. The second kappa shape index (κ2) is 10.2. The summed E-state index contributed by atoms with van der Waals surface area (Å²) in [4.78, 5) is 34.7. The van der Waals surface area contributed by atoms with E-state index in [0.29, 0.717) is 18.8 Å². The van der Waals surface area contributed by atoms with E-state index in [-0.39, 0.29) is 35.0 Å². The Bertz CT molecular complexity index is 1020. The van der Waals surface area contributed by atoms with E-state index >= 15 is 0 Å². The molecule has 1 aliphatic heterocycles. The molecule has 3 N–H and O–H groups in total. The zero-order chi connectivity index (χ0) is 25.0. The molecule has 1 aromatic carbocycles. The van der Waals surface area contributed by atoms with Gasteiger partial charge in [-0.15, -0.1) is 0 Å². The number of amides is 2. The first kappa shape index (κ1) is 25.2. The van der Waals surface area contributed by atoms with Gasteiger partial charge in [-0.3, -0.25) is 4.79 Å². The maximum Gasteiger partial charge on any atom is 0.404 e. The van der Waals surface area contributed by atoms with Gasteiger partial charge in [-0.05, 0) is 48.4 Å². The van der Waals surface area contributed by atoms with Crippen molar-refractivity contribution in [3.63, 3.8) is 0 Å². The molecule has 34 heavy (non-hydrogen) atoms. The minimum absolute atomic E-state index is 0.0662. The zero-order valence-corrected chi connectivity index (χ0v) is 20.3. The molecule has 1 fully saturated rings. The van der Waals surface area contributed by atoms with Gasteiger partial charge in [-0.2, -0.15) is 4.98 Å². The van der Waals surface area contributed by atoms with E-state index in [2.05, 4.69) is 20.6 Å². The number of carbonyl (C=O) groups excluding carboxylic acids is 1. The standard InChI is InChI=1S/C24H33FN6O3/c1-15(32)30(5)18-8-6-17(7-9-18)27-22-26-14-19(25)21(29-22)31-12-10-16(11-13-31)20(24(2,3)4)28-23(33)34/h6-9,14,16,20,28H,10-13H2,1-5H3,(H,33,34)(H,26,27,29). The van der Waals surface area contributed by atoms with E-state index in [1.54, 1.807) is 31.3 Å². The summed E-state index contributed by atoms with van der Waals surface area (Å²) >= 11 is 0. The average Bonchev–Trinajstić information content (AvgIpc) is 2.78. The van der Waals surface area contributed by atoms with Crippen LogP contribution in [0.3, 0.4) is 0 Å². The summed E-state index contributed by atoms with van der Waals surface area (Å²) in [5.74, 6) is 0.0807. The second-order valence-corrected chi connectivity index (χ2v) is 9.73. The van der Waals surface area contributed by atoms with Crippen LogP contribution >= 0.6 is 0 Å². The Balaban J connectivity index is 1.69. The minimum Gasteiger partial charge on any atom is -0.465 e. The summed E-state index contributed by atoms with van der Waals surface area (Å²) in [6, 6.07) is 7.01. The van der Waals surface area contributed by atoms with Gasteiger partial charge < -0.3 is 25.5 Å². The number of piperidine rings is 1. The molecule has 0 saturated carbocycles. The SMILES string of the molecule is CC(=O)N(C)c1ccc(Nc2ncc(F)c(N3CCC(C(NC(=O)O)C(C)(C)C)CC3)n2)cc1. The van der Waals surface area contributed by atoms with Crippen LogP contribution in [0.5, 0.6) is 0 Å². The van der Waals surface area contributed by atoms with E-state index in [1.165, 1.54) is 11.8 Å². The number of carboxylic acid groups (broad SMARTS) is 1. The molecule has 1 unspecified atom stereocenters. The number of aromatic nitrogens is 2. The topological polar surface area (TPSA) is 111 Å². The van der Waals surface area contributed by atoms with E-state index in [1.807, 2.05) is 25.7 Å². The zero-order valence-electron chi connectivity index (χ0n) is 20.3. The van der Waals surface area contributed by atoms with Crippen molar-refractivity contribution in [1.29, 1.82) is 0 Å². The third-order valence-electron chi connectivity index (χ3n) is 6.23. The highest BCUT2D eigenvalue weighted by Crippen LogP contribution is 2.33. The first-order valence-corrected chi connectivity index (χ1v) is 11.3. The molecular formula is C24H33FN6O3. The van der Waals surface area contributed by atoms with Crippen molar-refractivity contribution in [3.8, 4) is 0 Å². The summed E-state index contributed by atoms with van der Waals surface area (Å²) in [7, 11) is 1.70. The number of anilines is 4. The number of carbonyl (C=O) groups is 2. The lowest BCUT2D eigenvalue weighted by molar-refractivity contribution is -0.116. The van der Waals surface area contributed by atoms with Crippen LogP contribution in [-0.4, -0.2) is 53.3 Å². The molecule has 1 atom stereocenters. The lowest BCUT2D eigenvalue weighted by atomic mass is 9.75. The van der Waals surface area contributed by atoms with Gasteiger partial charge in [0.15, 0.2) is 11.6 Å². The number of hydrogen-bond acceptors (Lipinski definition) is 6. The van der Waals surface area contributed by atoms with E-state index in [0.717, 1.165) is 24.7 Å². The van der Waals surface area contributed by atoms with Gasteiger partial charge in [0.2, 0.25) is 11.9 Å². The molecule has 10 heteroatoms. The Morgan fingerprint density at radius 2 is 1.82 bits per heavy atom. The molecule has 0 bridgehead atoms. The number of halogens is 1. The van der Waals surface area contributed by atoms with Crippen LogP contribution in [0.4, 0.5) is 32.3 Å². The van der Waals surface area contributed by atoms with Crippen molar-refractivity contribution >= 4 is 35.1 Å². The molecule has 1 saturated heterocycles. The van der Waals surface area contributed by atoms with Crippen LogP contribution < -0.4 is 20.4 Å². The number of benzene rings is 1. The molecule has 0 spiro atoms. The number of nitrogens with one attached hydrogen (secondary N) is 2. The van der Waals surface area contributed by atoms with Crippen molar-refractivity contribution in [2.45, 2.75) is 46.6 Å². The smallest absolute Gasteiger partial charge is 0.404 e. The molecule has 1 aliphatic rings. The van der Waals surface area contributed by atoms with Crippen molar-refractivity contribution < 1.29 is 19.1 Å². The van der Waals surface area contributed by atoms with Gasteiger partial charge in [0.05, 0.1) is 6.20 Å². The monoisotopic (exact) mass is 472 g/mol. The van der Waals surface area contributed by atoms with Crippen molar-refractivity contribution in [1.82, 2.24) is 15.3 Å². The second-order valence-electron chi connectivity index (χ2n) is 9.73. The molecule has 2 heterocycles. The average molecular weight is 473 g/mol. The third-order valence-corrected chi connectivity index (χ3v) is 6.23. The molecule has 0 radical (unpaired) electrons. The van der Waals surface area contributed by atoms with Gasteiger partial charge in [0, 0.05) is 44.5 Å². The quantitative estimate of drug-likeness (QED) is 0.577. The lowest BCUT2D eigenvalue weighted by Crippen LogP contribution is -2.51. The Labute approximate surface area is 199 Å². The fourth-order valence-corrected chi connectivity index (χ4v) is 4.34. The van der Waals surface area contributed by atoms with Crippen molar-refractivity contribution in [2.24, 2.45) is 11.3 Å². The Hall–Kier alpha value is -3.43. The van der Waals surface area contributed by atoms with Crippen molar-refractivity contribution in [2.75, 3.05) is 35.3 Å². The van der Waals surface area contributed by atoms with Crippen LogP contribution in [0.2, 0.25) is 0 Å². The van der Waals surface area contributed by atoms with Gasteiger partial charge in [-0.1, -0.05) is 20.8 Å². The van der Waals surface area contributed by atoms with Gasteiger partial charge >= 0.3 is 6.09 Å². The molecule has 9 nitrogen and oxygen atoms in total. The van der Waals surface area contributed by atoms with Crippen LogP contribution in [0.25, 0.3) is 0 Å². The minimum atomic E-state index is -1.03. The maximum absolute atomic E-state index is 14.6. The van der Waals surface area contributed by atoms with Crippen LogP contribution in [0.1, 0.15) is 40.5 Å². The normalized spacial score (nSPS) is 15.5. The number of hydrogen-bond donors (Lipinski definition) is 3. The first-order chi connectivity index (χ1) is 16.0. The van der Waals surface area contributed by atoms with Crippen LogP contribution in [-0.2, 0) is 4.79 Å². The summed E-state index contributed by atoms with van der Waals surface area (Å²) < 4.78 is 14.6. The summed E-state index contributed by atoms with van der Waals surface area (Å²) in [5, 5.41) is 15.0. The maximum atomic E-state index is 14.6. The Kier molecular flexibility index (Phi) is 7.58. The van der Waals surface area contributed by atoms with Gasteiger partial charge in [0.25, 0.3) is 0 Å². The van der Waals surface area contributed by atoms with E-state index in [9.17, 15) is 19.1 Å². The van der Waals surface area contributed by atoms with Crippen LogP contribution in [0, 0.1) is 17.2 Å². The Morgan fingerprint density at radius 1 is 1.21 bits per heavy atom.